The summed E-state index contributed by atoms with van der Waals surface area (Å²) in [6, 6.07) is 0.0233. The van der Waals surface area contributed by atoms with E-state index >= 15 is 0 Å². The molecule has 0 radical (unpaired) electrons. The SMILES string of the molecule is COC1CCN(C2CCCC2OC2CCC3C(=O)N(C4CCC(=O)NC4=O)CC3C2)CC1. The van der Waals surface area contributed by atoms with E-state index in [1.165, 1.54) is 12.8 Å². The summed E-state index contributed by atoms with van der Waals surface area (Å²) in [6.45, 7) is 2.80. The molecule has 5 aliphatic rings. The molecule has 0 bridgehead atoms. The fourth-order valence-electron chi connectivity index (χ4n) is 6.86. The van der Waals surface area contributed by atoms with Crippen LogP contribution >= 0.6 is 0 Å². The number of carbonyl (C=O) groups is 3. The lowest BCUT2D eigenvalue weighted by molar-refractivity contribution is -0.145. The molecule has 5 rings (SSSR count). The summed E-state index contributed by atoms with van der Waals surface area (Å²) in [5, 5.41) is 2.40. The predicted octanol–water partition coefficient (Wildman–Crippen LogP) is 1.47. The van der Waals surface area contributed by atoms with Crippen molar-refractivity contribution in [2.45, 2.75) is 94.6 Å². The molecule has 0 spiro atoms. The molecule has 32 heavy (non-hydrogen) atoms. The van der Waals surface area contributed by atoms with Gasteiger partial charge in [0.05, 0.1) is 18.3 Å². The van der Waals surface area contributed by atoms with E-state index < -0.39 is 6.04 Å². The van der Waals surface area contributed by atoms with E-state index in [2.05, 4.69) is 10.2 Å². The number of ether oxygens (including phenoxy) is 2. The summed E-state index contributed by atoms with van der Waals surface area (Å²) in [5.74, 6) is -0.187. The standard InChI is InChI=1S/C24H37N3O5/c1-31-16-9-11-26(12-10-16)19-3-2-4-21(19)32-17-5-6-18-15(13-17)14-27(24(18)30)20-7-8-22(28)25-23(20)29/h15-21H,2-14H2,1H3,(H,25,28,29). The van der Waals surface area contributed by atoms with Gasteiger partial charge < -0.3 is 14.4 Å². The monoisotopic (exact) mass is 447 g/mol. The number of hydrogen-bond acceptors (Lipinski definition) is 6. The zero-order chi connectivity index (χ0) is 22.2. The van der Waals surface area contributed by atoms with Crippen LogP contribution in [0.5, 0.6) is 0 Å². The Balaban J connectivity index is 1.16. The summed E-state index contributed by atoms with van der Waals surface area (Å²) in [5.41, 5.74) is 0. The molecular weight excluding hydrogens is 410 g/mol. The lowest BCUT2D eigenvalue weighted by Crippen LogP contribution is -2.53. The molecule has 3 amide bonds. The van der Waals surface area contributed by atoms with Crippen molar-refractivity contribution in [3.05, 3.63) is 0 Å². The van der Waals surface area contributed by atoms with Crippen LogP contribution in [0.2, 0.25) is 0 Å². The third-order valence-corrected chi connectivity index (χ3v) is 8.62. The van der Waals surface area contributed by atoms with Crippen LogP contribution in [-0.2, 0) is 23.9 Å². The first-order valence-electron chi connectivity index (χ1n) is 12.6. The minimum Gasteiger partial charge on any atom is -0.381 e. The van der Waals surface area contributed by atoms with Crippen molar-refractivity contribution in [2.24, 2.45) is 11.8 Å². The minimum absolute atomic E-state index is 0.00715. The maximum atomic E-state index is 13.0. The average Bonchev–Trinajstić information content (AvgIpc) is 3.38. The smallest absolute Gasteiger partial charge is 0.249 e. The van der Waals surface area contributed by atoms with Crippen LogP contribution in [-0.4, -0.2) is 84.7 Å². The van der Waals surface area contributed by atoms with Gasteiger partial charge in [-0.1, -0.05) is 0 Å². The number of rotatable bonds is 5. The quantitative estimate of drug-likeness (QED) is 0.642. The maximum absolute atomic E-state index is 13.0. The average molecular weight is 448 g/mol. The number of fused-ring (bicyclic) bond motifs is 1. The Morgan fingerprint density at radius 3 is 2.50 bits per heavy atom. The molecule has 6 unspecified atom stereocenters. The summed E-state index contributed by atoms with van der Waals surface area (Å²) in [6.07, 6.45) is 10.1. The van der Waals surface area contributed by atoms with E-state index in [-0.39, 0.29) is 35.7 Å². The molecule has 3 saturated heterocycles. The first-order chi connectivity index (χ1) is 15.5. The lowest BCUT2D eigenvalue weighted by atomic mass is 9.80. The zero-order valence-corrected chi connectivity index (χ0v) is 19.2. The summed E-state index contributed by atoms with van der Waals surface area (Å²) >= 11 is 0. The van der Waals surface area contributed by atoms with E-state index in [0.717, 1.165) is 51.6 Å². The van der Waals surface area contributed by atoms with Crippen LogP contribution in [0.15, 0.2) is 0 Å². The Kier molecular flexibility index (Phi) is 6.54. The normalized spacial score (nSPS) is 39.4. The van der Waals surface area contributed by atoms with E-state index in [1.807, 2.05) is 7.11 Å². The fraction of sp³-hybridized carbons (Fsp3) is 0.875. The van der Waals surface area contributed by atoms with Gasteiger partial charge in [-0.25, -0.2) is 0 Å². The second-order valence-electron chi connectivity index (χ2n) is 10.4. The Labute approximate surface area is 190 Å². The molecule has 6 atom stereocenters. The van der Waals surface area contributed by atoms with Gasteiger partial charge in [0.2, 0.25) is 17.7 Å². The number of imide groups is 1. The molecule has 3 aliphatic heterocycles. The molecule has 0 aromatic heterocycles. The van der Waals surface area contributed by atoms with Crippen LogP contribution < -0.4 is 5.32 Å². The number of likely N-dealkylation sites (tertiary alicyclic amines) is 2. The van der Waals surface area contributed by atoms with Crippen molar-refractivity contribution in [1.82, 2.24) is 15.1 Å². The highest BCUT2D eigenvalue weighted by Gasteiger charge is 2.49. The first kappa shape index (κ1) is 22.3. The summed E-state index contributed by atoms with van der Waals surface area (Å²) < 4.78 is 12.2. The minimum atomic E-state index is -0.487. The summed E-state index contributed by atoms with van der Waals surface area (Å²) in [4.78, 5) is 41.2. The Morgan fingerprint density at radius 1 is 0.938 bits per heavy atom. The van der Waals surface area contributed by atoms with Gasteiger partial charge in [0.15, 0.2) is 0 Å². The highest BCUT2D eigenvalue weighted by atomic mass is 16.5. The third-order valence-electron chi connectivity index (χ3n) is 8.62. The number of nitrogens with zero attached hydrogens (tertiary/aromatic N) is 2. The molecule has 8 nitrogen and oxygen atoms in total. The number of methoxy groups -OCH3 is 1. The number of amides is 3. The van der Waals surface area contributed by atoms with Crippen molar-refractivity contribution >= 4 is 17.7 Å². The second kappa shape index (κ2) is 9.39. The summed E-state index contributed by atoms with van der Waals surface area (Å²) in [7, 11) is 1.81. The molecular formula is C24H37N3O5. The highest BCUT2D eigenvalue weighted by molar-refractivity contribution is 6.02. The van der Waals surface area contributed by atoms with Crippen molar-refractivity contribution in [3.8, 4) is 0 Å². The van der Waals surface area contributed by atoms with Crippen LogP contribution in [0.25, 0.3) is 0 Å². The maximum Gasteiger partial charge on any atom is 0.249 e. The van der Waals surface area contributed by atoms with Gasteiger partial charge in [0.25, 0.3) is 0 Å². The molecule has 2 saturated carbocycles. The second-order valence-corrected chi connectivity index (χ2v) is 10.4. The molecule has 2 aliphatic carbocycles. The Bertz CT molecular complexity index is 737. The van der Waals surface area contributed by atoms with Gasteiger partial charge in [-0.05, 0) is 63.7 Å². The van der Waals surface area contributed by atoms with Crippen molar-refractivity contribution in [1.29, 1.82) is 0 Å². The van der Waals surface area contributed by atoms with Crippen LogP contribution in [0, 0.1) is 11.8 Å². The predicted molar refractivity (Wildman–Crippen MR) is 117 cm³/mol. The van der Waals surface area contributed by atoms with E-state index in [0.29, 0.717) is 37.6 Å². The van der Waals surface area contributed by atoms with Gasteiger partial charge in [-0.2, -0.15) is 0 Å². The van der Waals surface area contributed by atoms with E-state index in [1.54, 1.807) is 4.90 Å². The first-order valence-corrected chi connectivity index (χ1v) is 12.6. The van der Waals surface area contributed by atoms with Crippen molar-refractivity contribution in [2.75, 3.05) is 26.7 Å². The van der Waals surface area contributed by atoms with E-state index in [4.69, 9.17) is 9.47 Å². The highest BCUT2D eigenvalue weighted by Crippen LogP contribution is 2.41. The van der Waals surface area contributed by atoms with Crippen molar-refractivity contribution in [3.63, 3.8) is 0 Å². The molecule has 5 fully saturated rings. The fourth-order valence-corrected chi connectivity index (χ4v) is 6.86. The lowest BCUT2D eigenvalue weighted by Gasteiger charge is -2.40. The number of carbonyl (C=O) groups excluding carboxylic acids is 3. The van der Waals surface area contributed by atoms with Crippen molar-refractivity contribution < 1.29 is 23.9 Å². The molecule has 1 N–H and O–H groups in total. The van der Waals surface area contributed by atoms with E-state index in [9.17, 15) is 14.4 Å². The molecule has 8 heteroatoms. The molecule has 0 aromatic rings. The van der Waals surface area contributed by atoms with Gasteiger partial charge in [0.1, 0.15) is 6.04 Å². The van der Waals surface area contributed by atoms with Crippen LogP contribution in [0.1, 0.15) is 64.2 Å². The molecule has 0 aromatic carbocycles. The van der Waals surface area contributed by atoms with Gasteiger partial charge in [-0.3, -0.25) is 24.6 Å². The number of nitrogens with one attached hydrogen (secondary N) is 1. The Morgan fingerprint density at radius 2 is 1.75 bits per heavy atom. The van der Waals surface area contributed by atoms with Gasteiger partial charge >= 0.3 is 0 Å². The molecule has 3 heterocycles. The topological polar surface area (TPSA) is 88.2 Å². The number of piperidine rings is 2. The largest absolute Gasteiger partial charge is 0.381 e. The zero-order valence-electron chi connectivity index (χ0n) is 19.2. The molecule has 178 valence electrons. The number of hydrogen-bond donors (Lipinski definition) is 1. The van der Waals surface area contributed by atoms with Gasteiger partial charge in [0, 0.05) is 45.1 Å². The third kappa shape index (κ3) is 4.33. The van der Waals surface area contributed by atoms with Crippen LogP contribution in [0.4, 0.5) is 0 Å². The van der Waals surface area contributed by atoms with Gasteiger partial charge in [-0.15, -0.1) is 0 Å². The van der Waals surface area contributed by atoms with Crippen LogP contribution in [0.3, 0.4) is 0 Å². The Hall–Kier alpha value is -1.51.